The summed E-state index contributed by atoms with van der Waals surface area (Å²) < 4.78 is 5.37. The van der Waals surface area contributed by atoms with Crippen LogP contribution in [0.5, 0.6) is 0 Å². The van der Waals surface area contributed by atoms with Gasteiger partial charge in [0.1, 0.15) is 0 Å². The third kappa shape index (κ3) is 5.30. The lowest BCUT2D eigenvalue weighted by atomic mass is 10.1. The first-order valence-electron chi connectivity index (χ1n) is 8.17. The molecule has 3 rings (SSSR count). The largest absolute Gasteiger partial charge is 0.379 e. The number of carbonyl (C=O) groups excluding carboxylic acids is 1. The van der Waals surface area contributed by atoms with Gasteiger partial charge in [-0.2, -0.15) is 0 Å². The summed E-state index contributed by atoms with van der Waals surface area (Å²) in [4.78, 5) is 15.3. The molecule has 0 bridgehead atoms. The molecular weight excluding hydrogens is 320 g/mol. The van der Waals surface area contributed by atoms with Gasteiger partial charge >= 0.3 is 0 Å². The number of benzene rings is 1. The maximum Gasteiger partial charge on any atom is 0.244 e. The van der Waals surface area contributed by atoms with Crippen LogP contribution in [-0.2, 0) is 22.6 Å². The molecular formula is C19H22N2O2S. The molecule has 1 N–H and O–H groups in total. The Bertz CT molecular complexity index is 659. The van der Waals surface area contributed by atoms with E-state index < -0.39 is 0 Å². The van der Waals surface area contributed by atoms with E-state index in [0.29, 0.717) is 6.54 Å². The van der Waals surface area contributed by atoms with Crippen LogP contribution in [0.2, 0.25) is 0 Å². The van der Waals surface area contributed by atoms with E-state index in [1.165, 1.54) is 5.56 Å². The Morgan fingerprint density at radius 1 is 1.17 bits per heavy atom. The molecule has 24 heavy (non-hydrogen) atoms. The van der Waals surface area contributed by atoms with E-state index >= 15 is 0 Å². The average Bonchev–Trinajstić information content (AvgIpc) is 3.14. The molecule has 1 aromatic heterocycles. The first-order valence-corrected chi connectivity index (χ1v) is 9.05. The molecule has 4 nitrogen and oxygen atoms in total. The second-order valence-corrected chi connectivity index (χ2v) is 6.75. The molecule has 1 aromatic carbocycles. The molecule has 0 radical (unpaired) electrons. The van der Waals surface area contributed by atoms with Gasteiger partial charge in [-0.25, -0.2) is 0 Å². The van der Waals surface area contributed by atoms with E-state index in [2.05, 4.69) is 34.5 Å². The summed E-state index contributed by atoms with van der Waals surface area (Å²) in [7, 11) is 0. The van der Waals surface area contributed by atoms with Crippen molar-refractivity contribution in [1.82, 2.24) is 10.2 Å². The van der Waals surface area contributed by atoms with Crippen molar-refractivity contribution in [3.63, 3.8) is 0 Å². The number of morpholine rings is 1. The highest BCUT2D eigenvalue weighted by molar-refractivity contribution is 7.10. The summed E-state index contributed by atoms with van der Waals surface area (Å²) >= 11 is 1.62. The van der Waals surface area contributed by atoms with Crippen LogP contribution in [-0.4, -0.2) is 37.1 Å². The van der Waals surface area contributed by atoms with Gasteiger partial charge in [0.15, 0.2) is 0 Å². The van der Waals surface area contributed by atoms with E-state index in [1.807, 2.05) is 23.6 Å². The Morgan fingerprint density at radius 3 is 2.62 bits per heavy atom. The summed E-state index contributed by atoms with van der Waals surface area (Å²) in [5, 5.41) is 4.91. The van der Waals surface area contributed by atoms with Crippen molar-refractivity contribution in [1.29, 1.82) is 0 Å². The monoisotopic (exact) mass is 342 g/mol. The highest BCUT2D eigenvalue weighted by atomic mass is 32.1. The lowest BCUT2D eigenvalue weighted by molar-refractivity contribution is -0.116. The predicted octanol–water partition coefficient (Wildman–Crippen LogP) is 2.91. The Hall–Kier alpha value is -1.95. The number of amides is 1. The number of carbonyl (C=O) groups is 1. The summed E-state index contributed by atoms with van der Waals surface area (Å²) in [5.74, 6) is -0.0687. The van der Waals surface area contributed by atoms with Crippen LogP contribution in [0.1, 0.15) is 16.0 Å². The fourth-order valence-electron chi connectivity index (χ4n) is 2.57. The number of hydrogen-bond donors (Lipinski definition) is 1. The van der Waals surface area contributed by atoms with E-state index in [9.17, 15) is 4.79 Å². The summed E-state index contributed by atoms with van der Waals surface area (Å²) in [6, 6.07) is 12.4. The van der Waals surface area contributed by atoms with Crippen LogP contribution in [0.15, 0.2) is 47.9 Å². The van der Waals surface area contributed by atoms with Gasteiger partial charge in [-0.15, -0.1) is 11.3 Å². The van der Waals surface area contributed by atoms with Gasteiger partial charge in [0.05, 0.1) is 13.2 Å². The van der Waals surface area contributed by atoms with E-state index in [4.69, 9.17) is 4.74 Å². The highest BCUT2D eigenvalue weighted by Crippen LogP contribution is 2.11. The zero-order valence-corrected chi connectivity index (χ0v) is 14.4. The smallest absolute Gasteiger partial charge is 0.244 e. The number of rotatable bonds is 6. The zero-order valence-electron chi connectivity index (χ0n) is 13.6. The molecule has 1 aliphatic rings. The lowest BCUT2D eigenvalue weighted by Crippen LogP contribution is -2.35. The lowest BCUT2D eigenvalue weighted by Gasteiger charge is -2.26. The third-order valence-corrected chi connectivity index (χ3v) is 4.78. The third-order valence-electron chi connectivity index (χ3n) is 3.94. The van der Waals surface area contributed by atoms with Gasteiger partial charge in [0.2, 0.25) is 5.91 Å². The minimum absolute atomic E-state index is 0.0687. The average molecular weight is 342 g/mol. The normalized spacial score (nSPS) is 15.7. The highest BCUT2D eigenvalue weighted by Gasteiger charge is 2.10. The topological polar surface area (TPSA) is 41.6 Å². The quantitative estimate of drug-likeness (QED) is 0.821. The minimum atomic E-state index is -0.0687. The van der Waals surface area contributed by atoms with Gasteiger partial charge in [0, 0.05) is 37.1 Å². The standard InChI is InChI=1S/C19H22N2O2S/c22-19(8-7-18-2-1-13-24-18)20-14-16-3-5-17(6-4-16)15-21-9-11-23-12-10-21/h1-8,13H,9-12,14-15H2,(H,20,22). The summed E-state index contributed by atoms with van der Waals surface area (Å²) in [6.07, 6.45) is 3.42. The summed E-state index contributed by atoms with van der Waals surface area (Å²) in [6.45, 7) is 5.14. The first kappa shape index (κ1) is 16.9. The fraction of sp³-hybridized carbons (Fsp3) is 0.316. The van der Waals surface area contributed by atoms with Crippen molar-refractivity contribution >= 4 is 23.3 Å². The molecule has 0 unspecified atom stereocenters. The van der Waals surface area contributed by atoms with Crippen molar-refractivity contribution in [2.45, 2.75) is 13.1 Å². The second-order valence-electron chi connectivity index (χ2n) is 5.77. The molecule has 2 aromatic rings. The fourth-order valence-corrected chi connectivity index (χ4v) is 3.19. The van der Waals surface area contributed by atoms with Gasteiger partial charge in [0.25, 0.3) is 0 Å². The second kappa shape index (κ2) is 8.78. The number of nitrogens with zero attached hydrogens (tertiary/aromatic N) is 1. The molecule has 2 heterocycles. The van der Waals surface area contributed by atoms with Crippen LogP contribution in [0.3, 0.4) is 0 Å². The van der Waals surface area contributed by atoms with Crippen LogP contribution in [0.25, 0.3) is 6.08 Å². The SMILES string of the molecule is O=C(C=Cc1cccs1)NCc1ccc(CN2CCOCC2)cc1. The van der Waals surface area contributed by atoms with Crippen molar-refractivity contribution in [2.24, 2.45) is 0 Å². The molecule has 1 aliphatic heterocycles. The van der Waals surface area contributed by atoms with Gasteiger partial charge in [-0.05, 0) is 28.6 Å². The molecule has 0 aliphatic carbocycles. The van der Waals surface area contributed by atoms with E-state index in [1.54, 1.807) is 17.4 Å². The summed E-state index contributed by atoms with van der Waals surface area (Å²) in [5.41, 5.74) is 2.41. The van der Waals surface area contributed by atoms with Gasteiger partial charge in [-0.1, -0.05) is 30.3 Å². The van der Waals surface area contributed by atoms with Crippen LogP contribution in [0, 0.1) is 0 Å². The van der Waals surface area contributed by atoms with Crippen LogP contribution >= 0.6 is 11.3 Å². The number of thiophene rings is 1. The van der Waals surface area contributed by atoms with Gasteiger partial charge < -0.3 is 10.1 Å². The Balaban J connectivity index is 1.44. The number of hydrogen-bond acceptors (Lipinski definition) is 4. The first-order chi connectivity index (χ1) is 11.8. The number of ether oxygens (including phenoxy) is 1. The maximum absolute atomic E-state index is 11.8. The molecule has 0 atom stereocenters. The van der Waals surface area contributed by atoms with E-state index in [0.717, 1.165) is 43.3 Å². The van der Waals surface area contributed by atoms with Crippen LogP contribution < -0.4 is 5.32 Å². The van der Waals surface area contributed by atoms with Crippen molar-refractivity contribution < 1.29 is 9.53 Å². The molecule has 126 valence electrons. The molecule has 5 heteroatoms. The predicted molar refractivity (Wildman–Crippen MR) is 97.7 cm³/mol. The van der Waals surface area contributed by atoms with Crippen molar-refractivity contribution in [2.75, 3.05) is 26.3 Å². The number of nitrogens with one attached hydrogen (secondary N) is 1. The Kier molecular flexibility index (Phi) is 6.18. The maximum atomic E-state index is 11.8. The minimum Gasteiger partial charge on any atom is -0.379 e. The molecule has 1 saturated heterocycles. The van der Waals surface area contributed by atoms with Crippen molar-refractivity contribution in [3.05, 3.63) is 63.9 Å². The Morgan fingerprint density at radius 2 is 1.92 bits per heavy atom. The van der Waals surface area contributed by atoms with Gasteiger partial charge in [-0.3, -0.25) is 9.69 Å². The molecule has 1 amide bonds. The molecule has 1 fully saturated rings. The van der Waals surface area contributed by atoms with E-state index in [-0.39, 0.29) is 5.91 Å². The zero-order chi connectivity index (χ0) is 16.6. The Labute approximate surface area is 146 Å². The van der Waals surface area contributed by atoms with Crippen LogP contribution in [0.4, 0.5) is 0 Å². The van der Waals surface area contributed by atoms with Crippen molar-refractivity contribution in [3.8, 4) is 0 Å². The molecule has 0 saturated carbocycles. The molecule has 0 spiro atoms.